The van der Waals surface area contributed by atoms with Gasteiger partial charge >= 0.3 is 12.4 Å². The maximum Gasteiger partial charge on any atom is 0.427 e. The fourth-order valence-corrected chi connectivity index (χ4v) is 2.84. The average molecular weight is 431 g/mol. The number of nitrogens with one attached hydrogen (secondary N) is 2. The van der Waals surface area contributed by atoms with E-state index < -0.39 is 31.1 Å². The minimum absolute atomic E-state index is 0.0547. The Bertz CT molecular complexity index is 639. The summed E-state index contributed by atoms with van der Waals surface area (Å²) in [6, 6.07) is 1.33. The first kappa shape index (κ1) is 23.4. The number of aliphatic hydroxyl groups excluding tert-OH is 1. The molecule has 1 aliphatic rings. The number of rotatable bonds is 8. The first-order valence-corrected chi connectivity index (χ1v) is 8.95. The second kappa shape index (κ2) is 9.30. The molecular formula is C16H23F6N5O2. The van der Waals surface area contributed by atoms with Crippen LogP contribution in [0.1, 0.15) is 13.3 Å². The van der Waals surface area contributed by atoms with Crippen LogP contribution in [0.3, 0.4) is 0 Å². The Hall–Kier alpha value is -1.86. The summed E-state index contributed by atoms with van der Waals surface area (Å²) in [6.07, 6.45) is -9.25. The van der Waals surface area contributed by atoms with Gasteiger partial charge in [-0.25, -0.2) is 9.97 Å². The van der Waals surface area contributed by atoms with Gasteiger partial charge in [-0.2, -0.15) is 26.3 Å². The van der Waals surface area contributed by atoms with E-state index >= 15 is 0 Å². The van der Waals surface area contributed by atoms with Crippen LogP contribution in [0.15, 0.2) is 12.4 Å². The van der Waals surface area contributed by atoms with Crippen LogP contribution in [-0.4, -0.2) is 83.4 Å². The zero-order valence-electron chi connectivity index (χ0n) is 15.6. The maximum atomic E-state index is 13.1. The quantitative estimate of drug-likeness (QED) is 0.545. The molecule has 0 amide bonds. The van der Waals surface area contributed by atoms with Gasteiger partial charge in [0, 0.05) is 32.2 Å². The molecule has 1 atom stereocenters. The van der Waals surface area contributed by atoms with Gasteiger partial charge < -0.3 is 20.5 Å². The standard InChI is InChI=1S/C16H23F6N5O2/c1-2-11(8-28)26-13-7-12(24-10-25-13)23-3-4-27-5-6-29-14(9-27,15(17,18)19)16(20,21)22/h7,10-11,28H,2-6,8-9H2,1H3,(H2,23,24,25,26). The van der Waals surface area contributed by atoms with Crippen molar-refractivity contribution in [3.63, 3.8) is 0 Å². The zero-order chi connectivity index (χ0) is 21.7. The molecule has 0 radical (unpaired) electrons. The van der Waals surface area contributed by atoms with Crippen molar-refractivity contribution in [2.24, 2.45) is 0 Å². The van der Waals surface area contributed by atoms with Crippen molar-refractivity contribution in [2.45, 2.75) is 37.3 Å². The van der Waals surface area contributed by atoms with E-state index in [0.717, 1.165) is 4.90 Å². The number of halogens is 6. The lowest BCUT2D eigenvalue weighted by Crippen LogP contribution is -2.67. The highest BCUT2D eigenvalue weighted by Crippen LogP contribution is 2.47. The first-order chi connectivity index (χ1) is 13.5. The molecule has 0 aliphatic carbocycles. The number of aliphatic hydroxyl groups is 1. The van der Waals surface area contributed by atoms with Crippen LogP contribution in [-0.2, 0) is 4.74 Å². The summed E-state index contributed by atoms with van der Waals surface area (Å²) in [4.78, 5) is 9.01. The highest BCUT2D eigenvalue weighted by atomic mass is 19.4. The van der Waals surface area contributed by atoms with E-state index in [1.54, 1.807) is 0 Å². The number of hydrogen-bond acceptors (Lipinski definition) is 7. The molecule has 1 saturated heterocycles. The van der Waals surface area contributed by atoms with Crippen molar-refractivity contribution in [3.05, 3.63) is 12.4 Å². The molecule has 1 aliphatic heterocycles. The fourth-order valence-electron chi connectivity index (χ4n) is 2.84. The van der Waals surface area contributed by atoms with Gasteiger partial charge in [-0.1, -0.05) is 6.92 Å². The molecule has 0 saturated carbocycles. The lowest BCUT2D eigenvalue weighted by Gasteiger charge is -2.44. The van der Waals surface area contributed by atoms with Crippen molar-refractivity contribution in [2.75, 3.05) is 50.0 Å². The minimum atomic E-state index is -5.58. The molecule has 166 valence electrons. The summed E-state index contributed by atoms with van der Waals surface area (Å²) in [5.74, 6) is 0.782. The van der Waals surface area contributed by atoms with Gasteiger partial charge in [0.25, 0.3) is 5.60 Å². The number of morpholine rings is 1. The van der Waals surface area contributed by atoms with Crippen LogP contribution < -0.4 is 10.6 Å². The number of aromatic nitrogens is 2. The van der Waals surface area contributed by atoms with Gasteiger partial charge in [0.05, 0.1) is 19.3 Å². The molecule has 7 nitrogen and oxygen atoms in total. The monoisotopic (exact) mass is 431 g/mol. The summed E-state index contributed by atoms with van der Waals surface area (Å²) in [5.41, 5.74) is -4.19. The Kier molecular flexibility index (Phi) is 7.51. The van der Waals surface area contributed by atoms with Crippen LogP contribution in [0.25, 0.3) is 0 Å². The second-order valence-corrected chi connectivity index (χ2v) is 6.59. The Morgan fingerprint density at radius 3 is 2.45 bits per heavy atom. The summed E-state index contributed by atoms with van der Waals surface area (Å²) >= 11 is 0. The average Bonchev–Trinajstić information content (AvgIpc) is 2.65. The van der Waals surface area contributed by atoms with E-state index in [4.69, 9.17) is 0 Å². The summed E-state index contributed by atoms with van der Waals surface area (Å²) < 4.78 is 83.0. The van der Waals surface area contributed by atoms with E-state index in [-0.39, 0.29) is 32.3 Å². The Morgan fingerprint density at radius 1 is 1.21 bits per heavy atom. The van der Waals surface area contributed by atoms with Gasteiger partial charge in [0.15, 0.2) is 0 Å². The van der Waals surface area contributed by atoms with Crippen molar-refractivity contribution in [3.8, 4) is 0 Å². The third-order valence-corrected chi connectivity index (χ3v) is 4.58. The van der Waals surface area contributed by atoms with Crippen LogP contribution in [0.5, 0.6) is 0 Å². The van der Waals surface area contributed by atoms with Gasteiger partial charge in [-0.15, -0.1) is 0 Å². The normalized spacial score (nSPS) is 19.0. The molecule has 29 heavy (non-hydrogen) atoms. The van der Waals surface area contributed by atoms with Crippen molar-refractivity contribution in [1.29, 1.82) is 0 Å². The third-order valence-electron chi connectivity index (χ3n) is 4.58. The number of nitrogens with zero attached hydrogens (tertiary/aromatic N) is 3. The van der Waals surface area contributed by atoms with Gasteiger partial charge in [0.2, 0.25) is 0 Å². The van der Waals surface area contributed by atoms with E-state index in [2.05, 4.69) is 25.3 Å². The number of ether oxygens (including phenoxy) is 1. The predicted molar refractivity (Wildman–Crippen MR) is 92.5 cm³/mol. The molecule has 0 aromatic carbocycles. The Morgan fingerprint density at radius 2 is 1.86 bits per heavy atom. The molecule has 1 unspecified atom stereocenters. The van der Waals surface area contributed by atoms with Crippen molar-refractivity contribution >= 4 is 11.6 Å². The predicted octanol–water partition coefficient (Wildman–Crippen LogP) is 2.27. The van der Waals surface area contributed by atoms with Crippen molar-refractivity contribution in [1.82, 2.24) is 14.9 Å². The summed E-state index contributed by atoms with van der Waals surface area (Å²) in [7, 11) is 0. The smallest absolute Gasteiger partial charge is 0.394 e. The van der Waals surface area contributed by atoms with Crippen molar-refractivity contribution < 1.29 is 36.2 Å². The van der Waals surface area contributed by atoms with E-state index in [0.29, 0.717) is 18.1 Å². The number of hydrogen-bond donors (Lipinski definition) is 3. The molecule has 0 spiro atoms. The molecule has 13 heteroatoms. The highest BCUT2D eigenvalue weighted by molar-refractivity contribution is 5.46. The van der Waals surface area contributed by atoms with Crippen LogP contribution >= 0.6 is 0 Å². The van der Waals surface area contributed by atoms with Crippen LogP contribution in [0.4, 0.5) is 38.0 Å². The molecule has 2 heterocycles. The molecule has 1 aromatic heterocycles. The Balaban J connectivity index is 1.95. The molecule has 1 aromatic rings. The zero-order valence-corrected chi connectivity index (χ0v) is 15.6. The largest absolute Gasteiger partial charge is 0.427 e. The lowest BCUT2D eigenvalue weighted by atomic mass is 10.00. The molecular weight excluding hydrogens is 408 g/mol. The van der Waals surface area contributed by atoms with E-state index in [1.807, 2.05) is 6.92 Å². The summed E-state index contributed by atoms with van der Waals surface area (Å²) in [6.45, 7) is -0.287. The summed E-state index contributed by atoms with van der Waals surface area (Å²) in [5, 5.41) is 15.0. The second-order valence-electron chi connectivity index (χ2n) is 6.59. The first-order valence-electron chi connectivity index (χ1n) is 8.95. The van der Waals surface area contributed by atoms with Gasteiger partial charge in [-0.3, -0.25) is 4.90 Å². The SMILES string of the molecule is CCC(CO)Nc1cc(NCCN2CCOC(C(F)(F)F)(C(F)(F)F)C2)ncn1. The molecule has 2 rings (SSSR count). The molecule has 1 fully saturated rings. The third kappa shape index (κ3) is 5.60. The minimum Gasteiger partial charge on any atom is -0.394 e. The van der Waals surface area contributed by atoms with Crippen LogP contribution in [0.2, 0.25) is 0 Å². The fraction of sp³-hybridized carbons (Fsp3) is 0.750. The van der Waals surface area contributed by atoms with Gasteiger partial charge in [-0.05, 0) is 6.42 Å². The molecule has 0 bridgehead atoms. The highest BCUT2D eigenvalue weighted by Gasteiger charge is 2.73. The van der Waals surface area contributed by atoms with E-state index in [9.17, 15) is 31.4 Å². The van der Waals surface area contributed by atoms with Gasteiger partial charge in [0.1, 0.15) is 18.0 Å². The topological polar surface area (TPSA) is 82.5 Å². The van der Waals surface area contributed by atoms with E-state index in [1.165, 1.54) is 12.4 Å². The molecule has 3 N–H and O–H groups in total. The number of anilines is 2. The number of alkyl halides is 6. The lowest BCUT2D eigenvalue weighted by molar-refractivity contribution is -0.392. The Labute approximate surface area is 163 Å². The van der Waals surface area contributed by atoms with Crippen LogP contribution in [0, 0.1) is 0 Å². The maximum absolute atomic E-state index is 13.1.